The largest absolute Gasteiger partial charge is 0.494 e. The number of rotatable bonds is 9. The van der Waals surface area contributed by atoms with Crippen molar-refractivity contribution in [2.24, 2.45) is 0 Å². The molecule has 0 unspecified atom stereocenters. The molecule has 0 spiro atoms. The van der Waals surface area contributed by atoms with Crippen LogP contribution in [-0.4, -0.2) is 33.3 Å². The van der Waals surface area contributed by atoms with Crippen LogP contribution in [0.25, 0.3) is 193 Å². The molecule has 0 radical (unpaired) electrons. The highest BCUT2D eigenvalue weighted by Crippen LogP contribution is 2.60. The molecule has 6 aromatic heterocycles. The second kappa shape index (κ2) is 36.1. The van der Waals surface area contributed by atoms with Gasteiger partial charge in [-0.05, 0) is 196 Å². The van der Waals surface area contributed by atoms with Crippen LogP contribution in [-0.2, 0) is 20.1 Å². The van der Waals surface area contributed by atoms with E-state index in [4.69, 9.17) is 24.3 Å². The van der Waals surface area contributed by atoms with Crippen LogP contribution < -0.4 is 5.46 Å². The van der Waals surface area contributed by atoms with E-state index in [1.54, 1.807) is 0 Å². The van der Waals surface area contributed by atoms with Gasteiger partial charge in [-0.15, -0.1) is 34.0 Å². The first-order chi connectivity index (χ1) is 71.6. The van der Waals surface area contributed by atoms with Crippen molar-refractivity contribution in [3.8, 4) is 79.3 Å². The van der Waals surface area contributed by atoms with E-state index in [0.717, 1.165) is 103 Å². The average molecular weight is 2050 g/mol. The number of hydrogen-bond donors (Lipinski definition) is 0. The summed E-state index contributed by atoms with van der Waals surface area (Å²) in [5.41, 5.74) is 26.4. The SMILES string of the molecule is Brc1ccc2c(c1)nc(-c1ccccc1)c1ccc3c4ccccc4sc3c12.CC1(C)OB(c2ccc3c(c2)nc(-c2ccccc2)c2ccc4c5ccccc5sc4c23)OC1(C)C.N#Cc1ccc2c(c1)C(c1ccccc1)(c1ccccc1)c1cc(-c3ccc4c(c3)nc(-c3ccccc3)c3ccc5c6ccccc6sc5c34)ccc1-2.N#Cc1ccc2c(c1)C(c1ccccc1)(c1ccccc1)c1cc(Br)ccc1-2. The van der Waals surface area contributed by atoms with E-state index >= 15 is 0 Å². The Balaban J connectivity index is 0.000000103. The molecule has 29 rings (SSSR count). The van der Waals surface area contributed by atoms with Crippen molar-refractivity contribution in [2.45, 2.75) is 49.7 Å². The Labute approximate surface area is 873 Å². The Morgan fingerprint density at radius 2 is 0.541 bits per heavy atom. The first-order valence-electron chi connectivity index (χ1n) is 49.1. The molecule has 1 aliphatic heterocycles. The van der Waals surface area contributed by atoms with Crippen LogP contribution in [0.3, 0.4) is 0 Å². The smallest absolute Gasteiger partial charge is 0.399 e. The third-order valence-electron chi connectivity index (χ3n) is 30.2. The van der Waals surface area contributed by atoms with E-state index in [1.165, 1.54) is 148 Å². The second-order valence-corrected chi connectivity index (χ2v) is 43.8. The molecular formula is C133H86BBr2N5O2S3. The lowest BCUT2D eigenvalue weighted by Gasteiger charge is -2.34. The third-order valence-corrected chi connectivity index (χ3v) is 34.8. The minimum atomic E-state index is -0.603. The summed E-state index contributed by atoms with van der Waals surface area (Å²) in [6, 6.07) is 164. The molecule has 690 valence electrons. The molecule has 0 saturated carbocycles. The minimum absolute atomic E-state index is 0.387. The Bertz CT molecular complexity index is 9810. The van der Waals surface area contributed by atoms with Gasteiger partial charge in [0.1, 0.15) is 0 Å². The number of hydrogen-bond acceptors (Lipinski definition) is 10. The molecule has 0 atom stereocenters. The zero-order valence-electron chi connectivity index (χ0n) is 79.8. The Morgan fingerprint density at radius 1 is 0.253 bits per heavy atom. The normalized spacial score (nSPS) is 13.8. The fourth-order valence-electron chi connectivity index (χ4n) is 22.8. The maximum absolute atomic E-state index is 10.1. The Hall–Kier alpha value is -16.0. The molecule has 146 heavy (non-hydrogen) atoms. The van der Waals surface area contributed by atoms with Gasteiger partial charge in [0.15, 0.2) is 0 Å². The van der Waals surface area contributed by atoms with Gasteiger partial charge in [0, 0.05) is 135 Å². The number of aromatic nitrogens is 3. The quantitative estimate of drug-likeness (QED) is 0.105. The summed E-state index contributed by atoms with van der Waals surface area (Å²) in [5, 5.41) is 38.4. The highest BCUT2D eigenvalue weighted by atomic mass is 79.9. The second-order valence-electron chi connectivity index (χ2n) is 38.8. The van der Waals surface area contributed by atoms with Gasteiger partial charge >= 0.3 is 7.12 Å². The summed E-state index contributed by atoms with van der Waals surface area (Å²) in [6.45, 7) is 8.36. The minimum Gasteiger partial charge on any atom is -0.399 e. The van der Waals surface area contributed by atoms with Gasteiger partial charge in [-0.2, -0.15) is 10.5 Å². The molecule has 13 heteroatoms. The molecular weight excluding hydrogens is 1970 g/mol. The molecule has 1 saturated heterocycles. The first kappa shape index (κ1) is 90.0. The summed E-state index contributed by atoms with van der Waals surface area (Å²) in [6.07, 6.45) is 0. The number of pyridine rings is 3. The standard InChI is InChI=1S/C51H30N2S.C31H26BNO2S.C26H16BrN.C25H14BrNS/c52-31-32-20-23-38-39-24-21-34(29-45(39)51(44(38)28-32,36-14-6-2-7-15-36)37-16-8-3-9-17-37)35-22-25-42-46(30-35)53-49(33-12-4-1-5-13-33)43-27-26-41-40-18-10-11-19-47(40)54-50(41)48(42)43;1-30(2)31(3,4)35-32(34-30)20-14-15-23-25(18-20)33-28(19-10-6-5-7-11-19)24-17-16-22-21-12-8-9-13-26(21)36-29(22)27(23)24;27-21-12-14-23-22-13-11-18(17-28)15-24(22)26(25(23)16-21,19-7-3-1-4-8-19)20-9-5-2-6-10-20;26-16-10-11-19-21(14-16)27-24(15-6-2-1-3-7-15)20-13-12-18-17-8-4-5-9-22(17)28-25(18)23(19)20/h1-30H;5-18H,1-4H3;1-16H;1-14H. The number of nitrogens with zero attached hydrogens (tertiary/aromatic N) is 5. The van der Waals surface area contributed by atoms with Crippen LogP contribution in [0, 0.1) is 22.7 Å². The monoisotopic (exact) mass is 2050 g/mol. The van der Waals surface area contributed by atoms with E-state index in [-0.39, 0.29) is 11.2 Å². The van der Waals surface area contributed by atoms with E-state index in [1.807, 2.05) is 70.4 Å². The predicted octanol–water partition coefficient (Wildman–Crippen LogP) is 35.9. The number of fused-ring (bicyclic) bond motifs is 27. The number of benzene rings is 20. The van der Waals surface area contributed by atoms with Crippen molar-refractivity contribution in [2.75, 3.05) is 0 Å². The summed E-state index contributed by atoms with van der Waals surface area (Å²) in [5.74, 6) is 0. The van der Waals surface area contributed by atoms with Crippen molar-refractivity contribution >= 4 is 204 Å². The summed E-state index contributed by atoms with van der Waals surface area (Å²) < 4.78 is 22.7. The molecule has 2 aliphatic carbocycles. The molecule has 0 bridgehead atoms. The topological polar surface area (TPSA) is 105 Å². The molecule has 7 nitrogen and oxygen atoms in total. The van der Waals surface area contributed by atoms with E-state index in [2.05, 4.69) is 484 Å². The van der Waals surface area contributed by atoms with Crippen molar-refractivity contribution in [1.29, 1.82) is 10.5 Å². The maximum Gasteiger partial charge on any atom is 0.494 e. The number of nitriles is 2. The van der Waals surface area contributed by atoms with Crippen molar-refractivity contribution in [3.63, 3.8) is 0 Å². The summed E-state index contributed by atoms with van der Waals surface area (Å²) >= 11 is 12.9. The molecule has 1 fully saturated rings. The fourth-order valence-corrected chi connectivity index (χ4v) is 27.3. The van der Waals surface area contributed by atoms with Crippen molar-refractivity contribution < 1.29 is 9.31 Å². The highest BCUT2D eigenvalue weighted by Gasteiger charge is 2.53. The van der Waals surface area contributed by atoms with Crippen LogP contribution in [0.1, 0.15) is 83.3 Å². The molecule has 26 aromatic rings. The Morgan fingerprint density at radius 3 is 0.938 bits per heavy atom. The van der Waals surface area contributed by atoms with E-state index in [0.29, 0.717) is 11.1 Å². The van der Waals surface area contributed by atoms with Gasteiger partial charge in [0.25, 0.3) is 0 Å². The average Bonchev–Trinajstić information content (AvgIpc) is 1.53. The summed E-state index contributed by atoms with van der Waals surface area (Å²) in [7, 11) is -0.419. The molecule has 0 N–H and O–H groups in total. The van der Waals surface area contributed by atoms with E-state index in [9.17, 15) is 10.5 Å². The predicted molar refractivity (Wildman–Crippen MR) is 620 cm³/mol. The van der Waals surface area contributed by atoms with Crippen LogP contribution in [0.15, 0.2) is 458 Å². The van der Waals surface area contributed by atoms with E-state index < -0.39 is 17.9 Å². The van der Waals surface area contributed by atoms with Crippen LogP contribution in [0.2, 0.25) is 0 Å². The zero-order valence-corrected chi connectivity index (χ0v) is 85.5. The lowest BCUT2D eigenvalue weighted by Crippen LogP contribution is -2.41. The van der Waals surface area contributed by atoms with Gasteiger partial charge in [-0.3, -0.25) is 0 Å². The molecule has 0 amide bonds. The van der Waals surface area contributed by atoms with Crippen molar-refractivity contribution in [1.82, 2.24) is 15.0 Å². The lowest BCUT2D eigenvalue weighted by atomic mass is 9.67. The molecule has 7 heterocycles. The Kier molecular flexibility index (Phi) is 22.3. The lowest BCUT2D eigenvalue weighted by molar-refractivity contribution is 0.00578. The van der Waals surface area contributed by atoms with Crippen LogP contribution in [0.4, 0.5) is 0 Å². The zero-order chi connectivity index (χ0) is 98.3. The van der Waals surface area contributed by atoms with Crippen molar-refractivity contribution in [3.05, 3.63) is 513 Å². The van der Waals surface area contributed by atoms with Crippen LogP contribution >= 0.6 is 65.9 Å². The third kappa shape index (κ3) is 14.8. The fraction of sp³-hybridized carbons (Fsp3) is 0.0602. The van der Waals surface area contributed by atoms with Gasteiger partial charge in [-0.25, -0.2) is 15.0 Å². The summed E-state index contributed by atoms with van der Waals surface area (Å²) in [4.78, 5) is 15.7. The van der Waals surface area contributed by atoms with Gasteiger partial charge in [0.2, 0.25) is 0 Å². The molecule has 3 aliphatic rings. The number of halogens is 2. The highest BCUT2D eigenvalue weighted by molar-refractivity contribution is 9.10. The maximum atomic E-state index is 10.1. The van der Waals surface area contributed by atoms with Gasteiger partial charge in [0.05, 0.1) is 78.9 Å². The van der Waals surface area contributed by atoms with Gasteiger partial charge < -0.3 is 9.31 Å². The van der Waals surface area contributed by atoms with Crippen LogP contribution in [0.5, 0.6) is 0 Å². The molecule has 20 aromatic carbocycles. The van der Waals surface area contributed by atoms with Gasteiger partial charge in [-0.1, -0.05) is 396 Å². The number of thiophene rings is 3. The first-order valence-corrected chi connectivity index (χ1v) is 53.1.